The highest BCUT2D eigenvalue weighted by atomic mass is 19.1. The van der Waals surface area contributed by atoms with Crippen molar-refractivity contribution < 1.29 is 9.18 Å². The summed E-state index contributed by atoms with van der Waals surface area (Å²) in [6, 6.07) is 3.12. The van der Waals surface area contributed by atoms with Gasteiger partial charge in [0.05, 0.1) is 18.1 Å². The Hall–Kier alpha value is -2.16. The fourth-order valence-electron chi connectivity index (χ4n) is 1.54. The number of nitrogens with zero attached hydrogens (tertiary/aromatic N) is 3. The van der Waals surface area contributed by atoms with Gasteiger partial charge in [0.25, 0.3) is 5.91 Å². The fraction of sp³-hybridized carbons (Fsp3) is 0.417. The highest BCUT2D eigenvalue weighted by Gasteiger charge is 2.22. The van der Waals surface area contributed by atoms with Crippen LogP contribution in [0.25, 0.3) is 0 Å². The van der Waals surface area contributed by atoms with Crippen molar-refractivity contribution in [2.45, 2.75) is 26.3 Å². The lowest BCUT2D eigenvalue weighted by molar-refractivity contribution is 0.0705. The van der Waals surface area contributed by atoms with E-state index in [0.29, 0.717) is 0 Å². The molecule has 0 aromatic carbocycles. The van der Waals surface area contributed by atoms with Gasteiger partial charge in [-0.2, -0.15) is 5.26 Å². The molecule has 0 radical (unpaired) electrons. The molecule has 0 spiro atoms. The maximum atomic E-state index is 13.7. The quantitative estimate of drug-likeness (QED) is 0.879. The van der Waals surface area contributed by atoms with Crippen LogP contribution in [-0.4, -0.2) is 28.4 Å². The first kappa shape index (κ1) is 13.9. The van der Waals surface area contributed by atoms with E-state index in [-0.39, 0.29) is 30.4 Å². The SMILES string of the molecule is CC(C)N(CCC#N)C(=O)c1ccnc(N)c1F. The Morgan fingerprint density at radius 1 is 1.67 bits per heavy atom. The summed E-state index contributed by atoms with van der Waals surface area (Å²) in [6.07, 6.45) is 1.49. The molecular formula is C12H15FN4O. The van der Waals surface area contributed by atoms with Crippen LogP contribution in [0.15, 0.2) is 12.3 Å². The number of carbonyl (C=O) groups excluding carboxylic acids is 1. The molecule has 1 aromatic rings. The molecule has 0 saturated carbocycles. The van der Waals surface area contributed by atoms with Crippen LogP contribution in [-0.2, 0) is 0 Å². The Morgan fingerprint density at radius 2 is 2.33 bits per heavy atom. The van der Waals surface area contributed by atoms with E-state index in [0.717, 1.165) is 0 Å². The van der Waals surface area contributed by atoms with E-state index in [1.165, 1.54) is 17.2 Å². The molecule has 0 aliphatic carbocycles. The van der Waals surface area contributed by atoms with Crippen LogP contribution in [0.5, 0.6) is 0 Å². The van der Waals surface area contributed by atoms with Gasteiger partial charge >= 0.3 is 0 Å². The van der Waals surface area contributed by atoms with Crippen LogP contribution < -0.4 is 5.73 Å². The number of hydrogen-bond acceptors (Lipinski definition) is 4. The first-order chi connectivity index (χ1) is 8.49. The monoisotopic (exact) mass is 250 g/mol. The largest absolute Gasteiger partial charge is 0.381 e. The van der Waals surface area contributed by atoms with Gasteiger partial charge in [-0.05, 0) is 19.9 Å². The van der Waals surface area contributed by atoms with E-state index in [9.17, 15) is 9.18 Å². The minimum absolute atomic E-state index is 0.117. The lowest BCUT2D eigenvalue weighted by Gasteiger charge is -2.26. The summed E-state index contributed by atoms with van der Waals surface area (Å²) in [5.41, 5.74) is 5.21. The van der Waals surface area contributed by atoms with Gasteiger partial charge in [-0.1, -0.05) is 0 Å². The summed E-state index contributed by atoms with van der Waals surface area (Å²) < 4.78 is 13.7. The Balaban J connectivity index is 3.03. The molecule has 0 unspecified atom stereocenters. The third-order valence-corrected chi connectivity index (χ3v) is 2.50. The minimum Gasteiger partial charge on any atom is -0.381 e. The number of nitrogen functional groups attached to an aromatic ring is 1. The summed E-state index contributed by atoms with van der Waals surface area (Å²) in [5, 5.41) is 8.56. The average Bonchev–Trinajstić information content (AvgIpc) is 2.32. The second-order valence-electron chi connectivity index (χ2n) is 4.06. The van der Waals surface area contributed by atoms with Crippen LogP contribution >= 0.6 is 0 Å². The van der Waals surface area contributed by atoms with E-state index in [2.05, 4.69) is 4.98 Å². The van der Waals surface area contributed by atoms with Gasteiger partial charge in [-0.25, -0.2) is 9.37 Å². The molecule has 0 fully saturated rings. The molecule has 0 aliphatic heterocycles. The van der Waals surface area contributed by atoms with Gasteiger partial charge in [0.2, 0.25) is 0 Å². The molecular weight excluding hydrogens is 235 g/mol. The van der Waals surface area contributed by atoms with Crippen molar-refractivity contribution in [1.29, 1.82) is 5.26 Å². The van der Waals surface area contributed by atoms with Crippen LogP contribution in [0.3, 0.4) is 0 Å². The summed E-state index contributed by atoms with van der Waals surface area (Å²) >= 11 is 0. The van der Waals surface area contributed by atoms with E-state index in [1.807, 2.05) is 6.07 Å². The maximum absolute atomic E-state index is 13.7. The van der Waals surface area contributed by atoms with Gasteiger partial charge in [0, 0.05) is 18.8 Å². The number of nitriles is 1. The Kier molecular flexibility index (Phi) is 4.60. The number of pyridine rings is 1. The smallest absolute Gasteiger partial charge is 0.257 e. The number of rotatable bonds is 4. The minimum atomic E-state index is -0.815. The number of halogens is 1. The predicted molar refractivity (Wildman–Crippen MR) is 65.0 cm³/mol. The van der Waals surface area contributed by atoms with E-state index >= 15 is 0 Å². The van der Waals surface area contributed by atoms with Crippen molar-refractivity contribution in [3.63, 3.8) is 0 Å². The van der Waals surface area contributed by atoms with Crippen LogP contribution in [0.4, 0.5) is 10.2 Å². The number of hydrogen-bond donors (Lipinski definition) is 1. The zero-order valence-electron chi connectivity index (χ0n) is 10.4. The molecule has 0 aliphatic rings. The summed E-state index contributed by atoms with van der Waals surface area (Å²) in [4.78, 5) is 17.2. The second-order valence-corrected chi connectivity index (χ2v) is 4.06. The number of carbonyl (C=O) groups is 1. The van der Waals surface area contributed by atoms with Gasteiger partial charge < -0.3 is 10.6 Å². The zero-order chi connectivity index (χ0) is 13.7. The molecule has 1 amide bonds. The molecule has 0 bridgehead atoms. The van der Waals surface area contributed by atoms with Crippen LogP contribution in [0.1, 0.15) is 30.6 Å². The number of anilines is 1. The molecule has 0 saturated heterocycles. The number of nitrogens with two attached hydrogens (primary N) is 1. The Morgan fingerprint density at radius 3 is 2.89 bits per heavy atom. The first-order valence-electron chi connectivity index (χ1n) is 5.57. The number of amides is 1. The Bertz CT molecular complexity index is 481. The molecule has 2 N–H and O–H groups in total. The van der Waals surface area contributed by atoms with E-state index < -0.39 is 11.7 Å². The molecule has 18 heavy (non-hydrogen) atoms. The standard InChI is InChI=1S/C12H15FN4O/c1-8(2)17(7-3-5-14)12(18)9-4-6-16-11(15)10(9)13/h4,6,8H,3,7H2,1-2H3,(H2,15,16). The maximum Gasteiger partial charge on any atom is 0.257 e. The third-order valence-electron chi connectivity index (χ3n) is 2.50. The van der Waals surface area contributed by atoms with E-state index in [1.54, 1.807) is 13.8 Å². The van der Waals surface area contributed by atoms with E-state index in [4.69, 9.17) is 11.0 Å². The molecule has 5 nitrogen and oxygen atoms in total. The van der Waals surface area contributed by atoms with Crippen molar-refractivity contribution in [1.82, 2.24) is 9.88 Å². The lowest BCUT2D eigenvalue weighted by Crippen LogP contribution is -2.38. The van der Waals surface area contributed by atoms with Crippen molar-refractivity contribution in [2.24, 2.45) is 0 Å². The van der Waals surface area contributed by atoms with Gasteiger partial charge in [0.1, 0.15) is 0 Å². The molecule has 0 atom stereocenters. The van der Waals surface area contributed by atoms with Crippen molar-refractivity contribution in [2.75, 3.05) is 12.3 Å². The number of aromatic nitrogens is 1. The highest BCUT2D eigenvalue weighted by molar-refractivity contribution is 5.95. The normalized spacial score (nSPS) is 10.2. The zero-order valence-corrected chi connectivity index (χ0v) is 10.4. The van der Waals surface area contributed by atoms with Crippen molar-refractivity contribution in [3.05, 3.63) is 23.6 Å². The van der Waals surface area contributed by atoms with Gasteiger partial charge in [-0.3, -0.25) is 4.79 Å². The molecule has 1 rings (SSSR count). The molecule has 96 valence electrons. The van der Waals surface area contributed by atoms with Gasteiger partial charge in [-0.15, -0.1) is 0 Å². The van der Waals surface area contributed by atoms with Crippen LogP contribution in [0, 0.1) is 17.1 Å². The van der Waals surface area contributed by atoms with Crippen molar-refractivity contribution >= 4 is 11.7 Å². The first-order valence-corrected chi connectivity index (χ1v) is 5.57. The molecule has 1 aromatic heterocycles. The summed E-state index contributed by atoms with van der Waals surface area (Å²) in [5.74, 6) is -1.60. The third kappa shape index (κ3) is 2.94. The molecule has 6 heteroatoms. The fourth-order valence-corrected chi connectivity index (χ4v) is 1.54. The topological polar surface area (TPSA) is 83.0 Å². The summed E-state index contributed by atoms with van der Waals surface area (Å²) in [7, 11) is 0. The summed E-state index contributed by atoms with van der Waals surface area (Å²) in [6.45, 7) is 3.87. The Labute approximate surface area is 105 Å². The predicted octanol–water partition coefficient (Wildman–Crippen LogP) is 1.57. The van der Waals surface area contributed by atoms with Crippen molar-refractivity contribution in [3.8, 4) is 6.07 Å². The van der Waals surface area contributed by atoms with Gasteiger partial charge in [0.15, 0.2) is 11.6 Å². The molecule has 1 heterocycles. The average molecular weight is 250 g/mol. The highest BCUT2D eigenvalue weighted by Crippen LogP contribution is 2.16. The lowest BCUT2D eigenvalue weighted by atomic mass is 10.2. The van der Waals surface area contributed by atoms with Crippen LogP contribution in [0.2, 0.25) is 0 Å². The second kappa shape index (κ2) is 5.96.